The molecule has 3 saturated carbocycles. The van der Waals surface area contributed by atoms with Gasteiger partial charge in [-0.3, -0.25) is 48.1 Å². The van der Waals surface area contributed by atoms with E-state index in [0.29, 0.717) is 18.4 Å². The molecule has 105 heavy (non-hydrogen) atoms. The fourth-order valence-corrected chi connectivity index (χ4v) is 14.7. The SMILES string of the molecule is CCCC1O[C@@H]2C[C@H]3[C@@H]4C[C@H](F)C5=CC(=O)C=C[C@]5(C)[C@@]4(F)[C@@H](O)C[C@]3(C)[C@]2(C(=O)CNC(=O)OCc2ccc(NC(=O)[C@H](CCCNC(N)=O)NC(=O)[C@@H](NC(=O)[C@@H](CCC(=O)NC[C@H](O)[C@@H](O)[C@H](O)[C@H](O)CO)NC(=O)CCOCCOCCOCCOCCN3C(=O)C=CC3=O)C(C)C)cc2)O1. The number of rotatable bonds is 43. The van der Waals surface area contributed by atoms with Gasteiger partial charge in [-0.15, -0.1) is 0 Å². The summed E-state index contributed by atoms with van der Waals surface area (Å²) >= 11 is 0. The van der Waals surface area contributed by atoms with Crippen molar-refractivity contribution < 1.29 is 125 Å². The predicted molar refractivity (Wildman–Crippen MR) is 364 cm³/mol. The zero-order valence-electron chi connectivity index (χ0n) is 59.6. The molecule has 2 heterocycles. The number of urea groups is 1. The number of allylic oxidation sites excluding steroid dienone is 4. The largest absolute Gasteiger partial charge is 0.445 e. The third-order valence-electron chi connectivity index (χ3n) is 20.3. The summed E-state index contributed by atoms with van der Waals surface area (Å²) in [6, 6.07) is 0.883. The van der Waals surface area contributed by atoms with Crippen LogP contribution in [-0.2, 0) is 82.9 Å². The summed E-state index contributed by atoms with van der Waals surface area (Å²) in [5.41, 5.74) is -1.34. The predicted octanol–water partition coefficient (Wildman–Crippen LogP) is -1.10. The molecule has 15 N–H and O–H groups in total. The van der Waals surface area contributed by atoms with Crippen molar-refractivity contribution in [3.8, 4) is 0 Å². The van der Waals surface area contributed by atoms with Crippen molar-refractivity contribution in [2.24, 2.45) is 34.3 Å². The Morgan fingerprint density at radius 3 is 2.00 bits per heavy atom. The number of fused-ring (bicyclic) bond motifs is 7. The lowest BCUT2D eigenvalue weighted by molar-refractivity contribution is -0.233. The summed E-state index contributed by atoms with van der Waals surface area (Å²) in [4.78, 5) is 145. The van der Waals surface area contributed by atoms with Gasteiger partial charge in [0.05, 0.1) is 90.9 Å². The van der Waals surface area contributed by atoms with Crippen LogP contribution in [0.3, 0.4) is 0 Å². The number of carbonyl (C=O) groups is 11. The molecule has 17 atom stereocenters. The normalized spacial score (nSPS) is 27.0. The highest BCUT2D eigenvalue weighted by molar-refractivity contribution is 6.13. The molecule has 1 aromatic rings. The molecule has 4 aliphatic carbocycles. The quantitative estimate of drug-likeness (QED) is 0.0273. The van der Waals surface area contributed by atoms with Gasteiger partial charge in [0.1, 0.15) is 49.2 Å². The Bertz CT molecular complexity index is 3310. The van der Waals surface area contributed by atoms with Gasteiger partial charge in [-0.25, -0.2) is 18.4 Å². The maximum atomic E-state index is 18.0. The van der Waals surface area contributed by atoms with Gasteiger partial charge in [-0.05, 0) is 99.1 Å². The Balaban J connectivity index is 0.917. The molecule has 0 radical (unpaired) electrons. The molecule has 2 aliphatic heterocycles. The van der Waals surface area contributed by atoms with E-state index >= 15 is 8.78 Å². The van der Waals surface area contributed by atoms with Crippen LogP contribution in [0.2, 0.25) is 0 Å². The van der Waals surface area contributed by atoms with Crippen molar-refractivity contribution in [1.29, 1.82) is 0 Å². The monoisotopic (exact) mass is 1490 g/mol. The summed E-state index contributed by atoms with van der Waals surface area (Å²) in [6.45, 7) is 6.78. The number of aliphatic hydroxyl groups is 6. The van der Waals surface area contributed by atoms with Crippen LogP contribution < -0.4 is 43.0 Å². The second-order valence-corrected chi connectivity index (χ2v) is 27.7. The minimum absolute atomic E-state index is 0.0131. The summed E-state index contributed by atoms with van der Waals surface area (Å²) in [5, 5.41) is 79.1. The number of alkyl carbamates (subject to hydrolysis) is 1. The number of amides is 10. The van der Waals surface area contributed by atoms with E-state index in [1.807, 2.05) is 6.92 Å². The van der Waals surface area contributed by atoms with E-state index in [9.17, 15) is 78.3 Å². The van der Waals surface area contributed by atoms with Crippen LogP contribution in [0.1, 0.15) is 104 Å². The lowest BCUT2D eigenvalue weighted by Crippen LogP contribution is -2.71. The first-order valence-electron chi connectivity index (χ1n) is 35.4. The lowest BCUT2D eigenvalue weighted by Gasteiger charge is -2.63. The molecule has 0 spiro atoms. The molecule has 0 aromatic heterocycles. The molecule has 1 unspecified atom stereocenters. The number of primary amides is 1. The number of nitrogens with two attached hydrogens (primary N) is 1. The first-order valence-corrected chi connectivity index (χ1v) is 35.4. The third kappa shape index (κ3) is 20.9. The highest BCUT2D eigenvalue weighted by atomic mass is 19.1. The van der Waals surface area contributed by atoms with Crippen LogP contribution in [0.4, 0.5) is 24.1 Å². The number of hydrogen-bond donors (Lipinski definition) is 14. The molecular weight excluding hydrogens is 1390 g/mol. The van der Waals surface area contributed by atoms with Crippen LogP contribution in [0.25, 0.3) is 0 Å². The van der Waals surface area contributed by atoms with E-state index < -0.39 is 205 Å². The van der Waals surface area contributed by atoms with Gasteiger partial charge in [-0.2, -0.15) is 0 Å². The first kappa shape index (κ1) is 84.5. The minimum atomic E-state index is -2.42. The van der Waals surface area contributed by atoms with Crippen LogP contribution in [0, 0.1) is 28.6 Å². The van der Waals surface area contributed by atoms with Crippen LogP contribution in [0.5, 0.6) is 0 Å². The Labute approximate surface area is 605 Å². The molecule has 1 aromatic carbocycles. The van der Waals surface area contributed by atoms with Gasteiger partial charge in [0.15, 0.2) is 29.1 Å². The lowest BCUT2D eigenvalue weighted by atomic mass is 9.44. The average molecular weight is 1490 g/mol. The number of benzene rings is 1. The Hall–Kier alpha value is -7.81. The van der Waals surface area contributed by atoms with Crippen molar-refractivity contribution in [3.05, 3.63) is 65.8 Å². The number of carbonyl (C=O) groups excluding carboxylic acids is 11. The van der Waals surface area contributed by atoms with E-state index in [-0.39, 0.29) is 122 Å². The number of aliphatic hydroxyl groups excluding tert-OH is 6. The highest BCUT2D eigenvalue weighted by Crippen LogP contribution is 2.72. The summed E-state index contributed by atoms with van der Waals surface area (Å²) in [7, 11) is 0. The number of ether oxygens (including phenoxy) is 7. The topological polar surface area (TPSA) is 487 Å². The van der Waals surface area contributed by atoms with E-state index in [4.69, 9.17) is 44.0 Å². The summed E-state index contributed by atoms with van der Waals surface area (Å²) in [5.74, 6) is -8.53. The van der Waals surface area contributed by atoms with Gasteiger partial charge in [0.2, 0.25) is 29.5 Å². The van der Waals surface area contributed by atoms with E-state index in [2.05, 4.69) is 37.2 Å². The molecule has 7 rings (SSSR count). The number of anilines is 1. The van der Waals surface area contributed by atoms with Crippen molar-refractivity contribution in [3.63, 3.8) is 0 Å². The van der Waals surface area contributed by atoms with Crippen LogP contribution in [0.15, 0.2) is 60.2 Å². The molecule has 35 heteroatoms. The van der Waals surface area contributed by atoms with E-state index in [1.165, 1.54) is 55.5 Å². The number of alkyl halides is 2. The second kappa shape index (κ2) is 38.6. The maximum absolute atomic E-state index is 18.0. The van der Waals surface area contributed by atoms with E-state index in [1.54, 1.807) is 20.8 Å². The van der Waals surface area contributed by atoms with Gasteiger partial charge in [0, 0.05) is 60.5 Å². The summed E-state index contributed by atoms with van der Waals surface area (Å²) in [6.07, 6.45) is -8.59. The Morgan fingerprint density at radius 1 is 0.743 bits per heavy atom. The summed E-state index contributed by atoms with van der Waals surface area (Å²) < 4.78 is 74.5. The van der Waals surface area contributed by atoms with Crippen LogP contribution >= 0.6 is 0 Å². The maximum Gasteiger partial charge on any atom is 0.407 e. The number of nitrogens with zero attached hydrogens (tertiary/aromatic N) is 1. The molecule has 33 nitrogen and oxygen atoms in total. The Morgan fingerprint density at radius 2 is 1.37 bits per heavy atom. The molecule has 6 aliphatic rings. The number of Topliss-reactive ketones (excluding diaryl/α,β-unsaturated/α-hetero) is 1. The van der Waals surface area contributed by atoms with Crippen molar-refractivity contribution in [2.75, 3.05) is 91.0 Å². The fraction of sp³-hybridized carbons (Fsp3) is 0.671. The average Bonchev–Trinajstić information content (AvgIpc) is 1.55. The highest BCUT2D eigenvalue weighted by Gasteiger charge is 2.80. The number of ketones is 2. The van der Waals surface area contributed by atoms with Crippen LogP contribution in [-0.4, -0.2) is 265 Å². The second-order valence-electron chi connectivity index (χ2n) is 27.7. The van der Waals surface area contributed by atoms with E-state index in [0.717, 1.165) is 11.0 Å². The minimum Gasteiger partial charge on any atom is -0.445 e. The van der Waals surface area contributed by atoms with Gasteiger partial charge >= 0.3 is 12.1 Å². The zero-order valence-corrected chi connectivity index (χ0v) is 59.6. The molecular formula is C70H101F2N9O24. The first-order chi connectivity index (χ1) is 49.8. The van der Waals surface area contributed by atoms with Crippen molar-refractivity contribution >= 4 is 70.7 Å². The smallest absolute Gasteiger partial charge is 0.407 e. The number of hydrogen-bond acceptors (Lipinski definition) is 24. The third-order valence-corrected chi connectivity index (χ3v) is 20.3. The Kier molecular flexibility index (Phi) is 31.1. The molecule has 10 amide bonds. The molecule has 4 fully saturated rings. The molecule has 584 valence electrons. The number of nitrogens with one attached hydrogen (secondary N) is 7. The van der Waals surface area contributed by atoms with Gasteiger partial charge < -0.3 is 107 Å². The molecule has 0 bridgehead atoms. The van der Waals surface area contributed by atoms with Gasteiger partial charge in [-0.1, -0.05) is 52.3 Å². The van der Waals surface area contributed by atoms with Crippen molar-refractivity contribution in [1.82, 2.24) is 36.8 Å². The molecule has 1 saturated heterocycles. The van der Waals surface area contributed by atoms with Crippen molar-refractivity contribution in [2.45, 2.75) is 184 Å². The zero-order chi connectivity index (χ0) is 77.0. The fourth-order valence-electron chi connectivity index (χ4n) is 14.7. The standard InChI is InChI=1S/C70H101F2N9O24/c1-6-8-58-104-53-33-43-44-32-46(71)45-31-42(83)18-20-67(45,4)69(44,72)51(86)34-68(43,5)70(53,105-58)52(87)36-76-66(98)103-38-40-10-12-41(13-11-40)77-62(94)47(9-7-21-74-65(73)97)79-64(96)59(39(2)3)80-63(95)48(14-15-54(88)75-35-49(84)60(92)61(93)50(85)37-82)78-55(89)19-23-99-25-27-101-29-30-102-28-26-100-24-22-81-56(90)16-17-57(81)91/h10-13,16-18,20,31,39,43-44,46-51,53,58-61,82,84-86,92-93H,6-9,14-15,19,21-30,32-38H2,1-5H3,(H,75,88)(H,76,98)(H,77,94)(H,78,89)(H,79,96)(H,80,95)(H3,73,74,97)/t43-,44-,46-,47-,48+,49-,50+,51-,53+,58?,59-,60+,61+,67-,68-,69-,70+/m0/s1. The van der Waals surface area contributed by atoms with Gasteiger partial charge in [0.25, 0.3) is 11.8 Å². The number of halogens is 2. The number of imide groups is 1.